The first-order chi connectivity index (χ1) is 15.3. The number of hydrogen-bond donors (Lipinski definition) is 0. The normalized spacial score (nSPS) is 16.7. The van der Waals surface area contributed by atoms with Crippen LogP contribution < -0.4 is 4.90 Å². The van der Waals surface area contributed by atoms with Crippen LogP contribution in [0.2, 0.25) is 0 Å². The van der Waals surface area contributed by atoms with Gasteiger partial charge in [-0.15, -0.1) is 11.8 Å². The molecule has 1 aliphatic heterocycles. The maximum absolute atomic E-state index is 13.5. The number of sulfone groups is 1. The van der Waals surface area contributed by atoms with Crippen molar-refractivity contribution in [2.75, 3.05) is 24.3 Å². The van der Waals surface area contributed by atoms with Crippen molar-refractivity contribution in [3.63, 3.8) is 0 Å². The second-order valence-corrected chi connectivity index (χ2v) is 12.4. The van der Waals surface area contributed by atoms with Gasteiger partial charge in [0.15, 0.2) is 15.0 Å². The maximum Gasteiger partial charge on any atom is 0.260 e. The fourth-order valence-electron chi connectivity index (χ4n) is 3.59. The summed E-state index contributed by atoms with van der Waals surface area (Å²) in [5, 5.41) is 0.103. The molecule has 1 unspecified atom stereocenters. The van der Waals surface area contributed by atoms with Crippen LogP contribution >= 0.6 is 23.1 Å². The number of amides is 1. The molecule has 170 valence electrons. The largest absolute Gasteiger partial charge is 0.376 e. The Kier molecular flexibility index (Phi) is 6.90. The van der Waals surface area contributed by atoms with Gasteiger partial charge < -0.3 is 4.74 Å². The Labute approximate surface area is 196 Å². The molecule has 0 saturated carbocycles. The molecule has 0 radical (unpaired) electrons. The highest BCUT2D eigenvalue weighted by Gasteiger charge is 2.28. The summed E-state index contributed by atoms with van der Waals surface area (Å²) in [5.74, 6) is -0.210. The van der Waals surface area contributed by atoms with E-state index in [-0.39, 0.29) is 16.9 Å². The van der Waals surface area contributed by atoms with Crippen LogP contribution in [0.4, 0.5) is 5.13 Å². The lowest BCUT2D eigenvalue weighted by Gasteiger charge is -2.23. The Morgan fingerprint density at radius 3 is 2.62 bits per heavy atom. The van der Waals surface area contributed by atoms with E-state index in [1.54, 1.807) is 42.6 Å². The topological polar surface area (TPSA) is 76.6 Å². The van der Waals surface area contributed by atoms with Crippen molar-refractivity contribution < 1.29 is 17.9 Å². The van der Waals surface area contributed by atoms with Crippen molar-refractivity contribution in [2.24, 2.45) is 0 Å². The fraction of sp³-hybridized carbons (Fsp3) is 0.391. The first-order valence-electron chi connectivity index (χ1n) is 10.5. The van der Waals surface area contributed by atoms with Gasteiger partial charge in [-0.1, -0.05) is 11.3 Å². The van der Waals surface area contributed by atoms with Crippen LogP contribution in [0, 0.1) is 0 Å². The van der Waals surface area contributed by atoms with Gasteiger partial charge in [-0.2, -0.15) is 0 Å². The zero-order valence-corrected chi connectivity index (χ0v) is 20.7. The van der Waals surface area contributed by atoms with Gasteiger partial charge in [-0.25, -0.2) is 13.4 Å². The second-order valence-electron chi connectivity index (χ2n) is 8.00. The van der Waals surface area contributed by atoms with Crippen molar-refractivity contribution in [3.05, 3.63) is 48.0 Å². The van der Waals surface area contributed by atoms with Gasteiger partial charge in [0.2, 0.25) is 0 Å². The predicted molar refractivity (Wildman–Crippen MR) is 131 cm³/mol. The third kappa shape index (κ3) is 4.71. The number of benzene rings is 2. The highest BCUT2D eigenvalue weighted by Crippen LogP contribution is 2.33. The number of nitrogens with zero attached hydrogens (tertiary/aromatic N) is 2. The minimum absolute atomic E-state index is 0.0340. The number of fused-ring (bicyclic) bond motifs is 1. The average Bonchev–Trinajstić information content (AvgIpc) is 3.45. The molecule has 3 aromatic rings. The van der Waals surface area contributed by atoms with Gasteiger partial charge in [0.1, 0.15) is 0 Å². The fourth-order valence-corrected chi connectivity index (χ4v) is 6.18. The van der Waals surface area contributed by atoms with E-state index in [0.717, 1.165) is 28.0 Å². The number of rotatable bonds is 7. The number of thioether (sulfide) groups is 1. The van der Waals surface area contributed by atoms with Gasteiger partial charge in [-0.3, -0.25) is 9.69 Å². The smallest absolute Gasteiger partial charge is 0.260 e. The number of anilines is 1. The van der Waals surface area contributed by atoms with Gasteiger partial charge in [-0.05, 0) is 75.4 Å². The molecule has 2 heterocycles. The van der Waals surface area contributed by atoms with E-state index in [9.17, 15) is 13.2 Å². The molecule has 0 spiro atoms. The minimum Gasteiger partial charge on any atom is -0.376 e. The standard InChI is InChI=1S/C23H26N2O4S3/c1-15(2)32(27,28)19-9-6-16(7-10-19)22(26)25(14-17-5-4-12-29-17)23-24-20-11-8-18(30-3)13-21(20)31-23/h6-11,13,15,17H,4-5,12,14H2,1-3H3. The molecule has 1 saturated heterocycles. The molecular weight excluding hydrogens is 464 g/mol. The zero-order valence-electron chi connectivity index (χ0n) is 18.3. The Hall–Kier alpha value is -1.94. The molecule has 9 heteroatoms. The van der Waals surface area contributed by atoms with Crippen LogP contribution in [0.15, 0.2) is 52.3 Å². The van der Waals surface area contributed by atoms with E-state index in [1.807, 2.05) is 18.4 Å². The van der Waals surface area contributed by atoms with Gasteiger partial charge in [0.05, 0.1) is 33.0 Å². The zero-order chi connectivity index (χ0) is 22.9. The molecule has 2 aromatic carbocycles. The summed E-state index contributed by atoms with van der Waals surface area (Å²) in [5.41, 5.74) is 1.28. The van der Waals surface area contributed by atoms with Crippen molar-refractivity contribution in [2.45, 2.75) is 47.8 Å². The second kappa shape index (κ2) is 9.51. The average molecular weight is 491 g/mol. The Morgan fingerprint density at radius 1 is 1.25 bits per heavy atom. The molecule has 0 aliphatic carbocycles. The van der Waals surface area contributed by atoms with E-state index in [2.05, 4.69) is 6.07 Å². The molecule has 0 bridgehead atoms. The number of aromatic nitrogens is 1. The quantitative estimate of drug-likeness (QED) is 0.433. The van der Waals surface area contributed by atoms with Crippen molar-refractivity contribution in [1.29, 1.82) is 0 Å². The summed E-state index contributed by atoms with van der Waals surface area (Å²) in [4.78, 5) is 21.3. The highest BCUT2D eigenvalue weighted by atomic mass is 32.2. The van der Waals surface area contributed by atoms with E-state index in [1.165, 1.54) is 23.5 Å². The third-order valence-corrected chi connectivity index (χ3v) is 9.46. The van der Waals surface area contributed by atoms with Crippen LogP contribution in [-0.4, -0.2) is 50.1 Å². The molecule has 1 fully saturated rings. The predicted octanol–water partition coefficient (Wildman–Crippen LogP) is 5.03. The molecular formula is C23H26N2O4S3. The molecule has 32 heavy (non-hydrogen) atoms. The summed E-state index contributed by atoms with van der Waals surface area (Å²) < 4.78 is 31.7. The third-order valence-electron chi connectivity index (χ3n) is 5.52. The Morgan fingerprint density at radius 2 is 2.00 bits per heavy atom. The van der Waals surface area contributed by atoms with Crippen molar-refractivity contribution >= 4 is 54.2 Å². The summed E-state index contributed by atoms with van der Waals surface area (Å²) in [7, 11) is -3.39. The summed E-state index contributed by atoms with van der Waals surface area (Å²) in [6, 6.07) is 12.3. The Balaban J connectivity index is 1.68. The van der Waals surface area contributed by atoms with Crippen LogP contribution in [0.3, 0.4) is 0 Å². The lowest BCUT2D eigenvalue weighted by molar-refractivity contribution is 0.0917. The monoisotopic (exact) mass is 490 g/mol. The number of ether oxygens (including phenoxy) is 1. The number of carbonyl (C=O) groups excluding carboxylic acids is 1. The van der Waals surface area contributed by atoms with Gasteiger partial charge in [0.25, 0.3) is 5.91 Å². The lowest BCUT2D eigenvalue weighted by Crippen LogP contribution is -2.37. The molecule has 6 nitrogen and oxygen atoms in total. The number of hydrogen-bond acceptors (Lipinski definition) is 7. The van der Waals surface area contributed by atoms with Gasteiger partial charge >= 0.3 is 0 Å². The van der Waals surface area contributed by atoms with E-state index < -0.39 is 15.1 Å². The SMILES string of the molecule is CSc1ccc2nc(N(CC3CCCO3)C(=O)c3ccc(S(=O)(=O)C(C)C)cc3)sc2c1. The minimum atomic E-state index is -3.39. The molecule has 0 N–H and O–H groups in total. The molecule has 1 aromatic heterocycles. The maximum atomic E-state index is 13.5. The summed E-state index contributed by atoms with van der Waals surface area (Å²) in [6.07, 6.45) is 3.87. The van der Waals surface area contributed by atoms with E-state index >= 15 is 0 Å². The highest BCUT2D eigenvalue weighted by molar-refractivity contribution is 7.98. The molecule has 4 rings (SSSR count). The first kappa shape index (κ1) is 23.2. The summed E-state index contributed by atoms with van der Waals surface area (Å²) in [6.45, 7) is 4.41. The van der Waals surface area contributed by atoms with Crippen LogP contribution in [0.1, 0.15) is 37.0 Å². The lowest BCUT2D eigenvalue weighted by atomic mass is 10.2. The van der Waals surface area contributed by atoms with Crippen LogP contribution in [0.5, 0.6) is 0 Å². The molecule has 1 atom stereocenters. The van der Waals surface area contributed by atoms with Gasteiger partial charge in [0, 0.05) is 17.1 Å². The molecule has 1 amide bonds. The van der Waals surface area contributed by atoms with Crippen molar-refractivity contribution in [1.82, 2.24) is 4.98 Å². The summed E-state index contributed by atoms with van der Waals surface area (Å²) >= 11 is 3.15. The first-order valence-corrected chi connectivity index (χ1v) is 14.1. The molecule has 1 aliphatic rings. The van der Waals surface area contributed by atoms with E-state index in [0.29, 0.717) is 23.8 Å². The van der Waals surface area contributed by atoms with Crippen LogP contribution in [0.25, 0.3) is 10.2 Å². The van der Waals surface area contributed by atoms with Crippen molar-refractivity contribution in [3.8, 4) is 0 Å². The van der Waals surface area contributed by atoms with E-state index in [4.69, 9.17) is 9.72 Å². The Bertz CT molecular complexity index is 1210. The number of carbonyl (C=O) groups is 1. The van der Waals surface area contributed by atoms with Crippen LogP contribution in [-0.2, 0) is 14.6 Å². The number of thiazole rings is 1.